The van der Waals surface area contributed by atoms with Gasteiger partial charge in [0.2, 0.25) is 0 Å². The molecule has 4 heteroatoms. The lowest BCUT2D eigenvalue weighted by Gasteiger charge is -2.10. The molecule has 0 aliphatic rings. The molecule has 0 atom stereocenters. The van der Waals surface area contributed by atoms with Crippen molar-refractivity contribution >= 4 is 11.6 Å². The Kier molecular flexibility index (Phi) is 5.11. The van der Waals surface area contributed by atoms with Crippen LogP contribution < -0.4 is 0 Å². The highest BCUT2D eigenvalue weighted by Crippen LogP contribution is 2.20. The van der Waals surface area contributed by atoms with E-state index in [9.17, 15) is 0 Å². The summed E-state index contributed by atoms with van der Waals surface area (Å²) in [6.07, 6.45) is 3.76. The van der Waals surface area contributed by atoms with Gasteiger partial charge in [-0.05, 0) is 29.7 Å². The van der Waals surface area contributed by atoms with Crippen molar-refractivity contribution in [3.63, 3.8) is 0 Å². The van der Waals surface area contributed by atoms with Crippen molar-refractivity contribution in [2.45, 2.75) is 26.7 Å². The smallest absolute Gasteiger partial charge is 0.105 e. The first kappa shape index (κ1) is 15.8. The van der Waals surface area contributed by atoms with Gasteiger partial charge in [-0.1, -0.05) is 54.1 Å². The molecule has 0 saturated heterocycles. The van der Waals surface area contributed by atoms with Crippen molar-refractivity contribution in [1.29, 1.82) is 0 Å². The normalized spacial score (nSPS) is 10.9. The molecule has 1 heterocycles. The number of nitrogens with zero attached hydrogens (tertiary/aromatic N) is 2. The maximum absolute atomic E-state index is 6.41. The number of ether oxygens (including phenoxy) is 1. The predicted molar refractivity (Wildman–Crippen MR) is 92.5 cm³/mol. The van der Waals surface area contributed by atoms with Crippen LogP contribution in [0, 0.1) is 6.92 Å². The summed E-state index contributed by atoms with van der Waals surface area (Å²) in [5.74, 6) is 0.983. The van der Waals surface area contributed by atoms with Crippen molar-refractivity contribution in [2.24, 2.45) is 0 Å². The van der Waals surface area contributed by atoms with Gasteiger partial charge in [0, 0.05) is 17.4 Å². The van der Waals surface area contributed by atoms with Crippen molar-refractivity contribution in [2.75, 3.05) is 0 Å². The molecule has 0 amide bonds. The molecule has 0 aliphatic heterocycles. The topological polar surface area (TPSA) is 27.1 Å². The van der Waals surface area contributed by atoms with Gasteiger partial charge in [0.25, 0.3) is 0 Å². The summed E-state index contributed by atoms with van der Waals surface area (Å²) in [6, 6.07) is 16.3. The zero-order chi connectivity index (χ0) is 16.1. The molecule has 118 valence electrons. The monoisotopic (exact) mass is 326 g/mol. The molecule has 0 bridgehead atoms. The number of imidazole rings is 1. The third-order valence-electron chi connectivity index (χ3n) is 3.76. The molecule has 0 fully saturated rings. The number of hydrogen-bond acceptors (Lipinski definition) is 2. The van der Waals surface area contributed by atoms with Crippen LogP contribution in [0.3, 0.4) is 0 Å². The molecule has 0 saturated carbocycles. The summed E-state index contributed by atoms with van der Waals surface area (Å²) in [5, 5.41) is 0.763. The lowest BCUT2D eigenvalue weighted by molar-refractivity contribution is 0.107. The fourth-order valence-corrected chi connectivity index (χ4v) is 2.69. The maximum Gasteiger partial charge on any atom is 0.105 e. The first-order valence-electron chi connectivity index (χ1n) is 7.59. The van der Waals surface area contributed by atoms with Crippen LogP contribution in [0.2, 0.25) is 5.02 Å². The molecule has 0 spiro atoms. The van der Waals surface area contributed by atoms with Crippen molar-refractivity contribution in [1.82, 2.24) is 9.55 Å². The van der Waals surface area contributed by atoms with Crippen LogP contribution in [0.25, 0.3) is 0 Å². The molecule has 3 rings (SSSR count). The van der Waals surface area contributed by atoms with Crippen LogP contribution in [-0.2, 0) is 24.5 Å². The van der Waals surface area contributed by atoms with Crippen LogP contribution in [0.15, 0.2) is 60.9 Å². The summed E-state index contributed by atoms with van der Waals surface area (Å²) in [4.78, 5) is 4.23. The van der Waals surface area contributed by atoms with Gasteiger partial charge in [0.05, 0.1) is 19.8 Å². The van der Waals surface area contributed by atoms with Gasteiger partial charge < -0.3 is 9.30 Å². The number of aryl methyl sites for hydroxylation is 1. The quantitative estimate of drug-likeness (QED) is 0.661. The van der Waals surface area contributed by atoms with Gasteiger partial charge in [-0.15, -0.1) is 0 Å². The third kappa shape index (κ3) is 4.21. The number of aromatic nitrogens is 2. The summed E-state index contributed by atoms with van der Waals surface area (Å²) < 4.78 is 7.83. The molecule has 0 N–H and O–H groups in total. The Balaban J connectivity index is 1.59. The van der Waals surface area contributed by atoms with Crippen LogP contribution >= 0.6 is 11.6 Å². The Morgan fingerprint density at radius 2 is 1.83 bits per heavy atom. The van der Waals surface area contributed by atoms with E-state index in [1.54, 1.807) is 6.20 Å². The molecule has 3 aromatic rings. The van der Waals surface area contributed by atoms with E-state index in [1.807, 2.05) is 37.4 Å². The van der Waals surface area contributed by atoms with Crippen molar-refractivity contribution in [3.05, 3.63) is 88.5 Å². The van der Waals surface area contributed by atoms with Crippen LogP contribution in [-0.4, -0.2) is 9.55 Å². The fourth-order valence-electron chi connectivity index (χ4n) is 2.42. The number of benzene rings is 2. The minimum atomic E-state index is 0.555. The zero-order valence-corrected chi connectivity index (χ0v) is 13.8. The van der Waals surface area contributed by atoms with E-state index in [0.717, 1.165) is 28.5 Å². The lowest BCUT2D eigenvalue weighted by atomic mass is 10.1. The lowest BCUT2D eigenvalue weighted by Crippen LogP contribution is -2.02. The Morgan fingerprint density at radius 1 is 1.04 bits per heavy atom. The van der Waals surface area contributed by atoms with E-state index < -0.39 is 0 Å². The molecule has 23 heavy (non-hydrogen) atoms. The van der Waals surface area contributed by atoms with Crippen LogP contribution in [0.4, 0.5) is 0 Å². The van der Waals surface area contributed by atoms with Gasteiger partial charge in [0.1, 0.15) is 5.82 Å². The average molecular weight is 327 g/mol. The van der Waals surface area contributed by atoms with E-state index in [-0.39, 0.29) is 0 Å². The Morgan fingerprint density at radius 3 is 2.52 bits per heavy atom. The van der Waals surface area contributed by atoms with E-state index in [1.165, 1.54) is 5.56 Å². The SMILES string of the molecule is Cc1nccn1Cc1ccc(COCc2ccccc2)cc1Cl. The van der Waals surface area contributed by atoms with Gasteiger partial charge in [0.15, 0.2) is 0 Å². The zero-order valence-electron chi connectivity index (χ0n) is 13.1. The highest BCUT2D eigenvalue weighted by atomic mass is 35.5. The van der Waals surface area contributed by atoms with E-state index in [0.29, 0.717) is 13.2 Å². The molecule has 0 aliphatic carbocycles. The first-order valence-corrected chi connectivity index (χ1v) is 7.97. The van der Waals surface area contributed by atoms with Gasteiger partial charge in [-0.3, -0.25) is 0 Å². The molecule has 0 unspecified atom stereocenters. The number of halogens is 1. The number of hydrogen-bond donors (Lipinski definition) is 0. The summed E-state index contributed by atoms with van der Waals surface area (Å²) in [7, 11) is 0. The second-order valence-corrected chi connectivity index (χ2v) is 5.91. The standard InChI is InChI=1S/C19H19ClN2O/c1-15-21-9-10-22(15)12-18-8-7-17(11-19(18)20)14-23-13-16-5-3-2-4-6-16/h2-11H,12-14H2,1H3. The summed E-state index contributed by atoms with van der Waals surface area (Å²) >= 11 is 6.41. The van der Waals surface area contributed by atoms with Gasteiger partial charge >= 0.3 is 0 Å². The fraction of sp³-hybridized carbons (Fsp3) is 0.211. The summed E-state index contributed by atoms with van der Waals surface area (Å²) in [6.45, 7) is 3.88. The Labute approximate surface area is 141 Å². The second-order valence-electron chi connectivity index (χ2n) is 5.51. The van der Waals surface area contributed by atoms with Gasteiger partial charge in [-0.25, -0.2) is 4.98 Å². The van der Waals surface area contributed by atoms with E-state index in [2.05, 4.69) is 33.8 Å². The minimum Gasteiger partial charge on any atom is -0.372 e. The largest absolute Gasteiger partial charge is 0.372 e. The second kappa shape index (κ2) is 7.44. The van der Waals surface area contributed by atoms with E-state index in [4.69, 9.17) is 16.3 Å². The van der Waals surface area contributed by atoms with Crippen LogP contribution in [0.5, 0.6) is 0 Å². The Hall–Kier alpha value is -2.10. The van der Waals surface area contributed by atoms with E-state index >= 15 is 0 Å². The Bertz CT molecular complexity index is 768. The number of rotatable bonds is 6. The molecular weight excluding hydrogens is 308 g/mol. The van der Waals surface area contributed by atoms with Crippen LogP contribution in [0.1, 0.15) is 22.5 Å². The summed E-state index contributed by atoms with van der Waals surface area (Å²) in [5.41, 5.74) is 3.34. The first-order chi connectivity index (χ1) is 11.2. The molecule has 3 nitrogen and oxygen atoms in total. The van der Waals surface area contributed by atoms with Crippen molar-refractivity contribution < 1.29 is 4.74 Å². The molecular formula is C19H19ClN2O. The molecule has 2 aromatic carbocycles. The minimum absolute atomic E-state index is 0.555. The average Bonchev–Trinajstić information content (AvgIpc) is 2.96. The third-order valence-corrected chi connectivity index (χ3v) is 4.11. The van der Waals surface area contributed by atoms with Crippen molar-refractivity contribution in [3.8, 4) is 0 Å². The molecule has 0 radical (unpaired) electrons. The predicted octanol–water partition coefficient (Wildman–Crippen LogP) is 4.61. The maximum atomic E-state index is 6.41. The highest BCUT2D eigenvalue weighted by Gasteiger charge is 2.05. The van der Waals surface area contributed by atoms with Gasteiger partial charge in [-0.2, -0.15) is 0 Å². The highest BCUT2D eigenvalue weighted by molar-refractivity contribution is 6.31. The molecule has 1 aromatic heterocycles.